The Morgan fingerprint density at radius 2 is 2.10 bits per heavy atom. The number of aliphatic carboxylic acids is 1. The number of nitrogens with one attached hydrogen (secondary N) is 1. The molecule has 7 heteroatoms. The van der Waals surface area contributed by atoms with Gasteiger partial charge >= 0.3 is 5.97 Å². The Balaban J connectivity index is 2.41. The molecule has 2 aromatic rings. The molecule has 0 aliphatic rings. The molecule has 1 amide bonds. The van der Waals surface area contributed by atoms with E-state index in [2.05, 4.69) is 15.4 Å². The minimum atomic E-state index is -0.948. The fourth-order valence-electron chi connectivity index (χ4n) is 2.36. The van der Waals surface area contributed by atoms with Crippen LogP contribution >= 0.6 is 0 Å². The fraction of sp³-hybridized carbons (Fsp3) is 0.429. The standard InChI is InChI=1S/C14H18N4O3/c1-7-5-10(14(21)16-8(2)6-11(19)20)12-9(3)17-18(4)13(12)15-7/h5,8H,6H2,1-4H3,(H,16,21)(H,19,20). The molecule has 0 aliphatic heterocycles. The first-order valence-corrected chi connectivity index (χ1v) is 6.63. The van der Waals surface area contributed by atoms with Crippen molar-refractivity contribution in [2.75, 3.05) is 0 Å². The quantitative estimate of drug-likeness (QED) is 0.881. The molecule has 0 radical (unpaired) electrons. The molecule has 0 bridgehead atoms. The summed E-state index contributed by atoms with van der Waals surface area (Å²) in [5.74, 6) is -1.26. The van der Waals surface area contributed by atoms with Crippen molar-refractivity contribution in [2.24, 2.45) is 7.05 Å². The molecule has 2 N–H and O–H groups in total. The van der Waals surface area contributed by atoms with Crippen molar-refractivity contribution in [1.29, 1.82) is 0 Å². The van der Waals surface area contributed by atoms with E-state index in [9.17, 15) is 9.59 Å². The highest BCUT2D eigenvalue weighted by atomic mass is 16.4. The van der Waals surface area contributed by atoms with Crippen LogP contribution in [0.15, 0.2) is 6.07 Å². The Bertz CT molecular complexity index is 721. The van der Waals surface area contributed by atoms with Crippen molar-refractivity contribution in [3.05, 3.63) is 23.0 Å². The van der Waals surface area contributed by atoms with E-state index in [0.717, 1.165) is 5.69 Å². The third kappa shape index (κ3) is 3.01. The summed E-state index contributed by atoms with van der Waals surface area (Å²) >= 11 is 0. The lowest BCUT2D eigenvalue weighted by Crippen LogP contribution is -2.34. The molecule has 2 rings (SSSR count). The molecule has 0 aliphatic carbocycles. The molecule has 0 spiro atoms. The lowest BCUT2D eigenvalue weighted by Gasteiger charge is -2.12. The predicted molar refractivity (Wildman–Crippen MR) is 77.2 cm³/mol. The van der Waals surface area contributed by atoms with Crippen molar-refractivity contribution in [2.45, 2.75) is 33.2 Å². The lowest BCUT2D eigenvalue weighted by molar-refractivity contribution is -0.137. The van der Waals surface area contributed by atoms with Gasteiger partial charge in [0.05, 0.1) is 23.1 Å². The van der Waals surface area contributed by atoms with E-state index in [1.807, 2.05) is 6.92 Å². The summed E-state index contributed by atoms with van der Waals surface area (Å²) in [5, 5.41) is 16.4. The van der Waals surface area contributed by atoms with Crippen LogP contribution in [-0.2, 0) is 11.8 Å². The highest BCUT2D eigenvalue weighted by Crippen LogP contribution is 2.21. The van der Waals surface area contributed by atoms with Crippen LogP contribution in [0, 0.1) is 13.8 Å². The summed E-state index contributed by atoms with van der Waals surface area (Å²) in [7, 11) is 1.77. The normalized spacial score (nSPS) is 12.4. The van der Waals surface area contributed by atoms with Crippen LogP contribution in [0.1, 0.15) is 35.1 Å². The summed E-state index contributed by atoms with van der Waals surface area (Å²) < 4.78 is 1.63. The number of hydrogen-bond acceptors (Lipinski definition) is 4. The second-order valence-electron chi connectivity index (χ2n) is 5.19. The zero-order chi connectivity index (χ0) is 15.7. The van der Waals surface area contributed by atoms with Gasteiger partial charge in [-0.2, -0.15) is 5.10 Å². The summed E-state index contributed by atoms with van der Waals surface area (Å²) in [5.41, 5.74) is 2.54. The third-order valence-corrected chi connectivity index (χ3v) is 3.20. The molecule has 0 fully saturated rings. The Kier molecular flexibility index (Phi) is 3.93. The monoisotopic (exact) mass is 290 g/mol. The number of fused-ring (bicyclic) bond motifs is 1. The summed E-state index contributed by atoms with van der Waals surface area (Å²) in [6.45, 7) is 5.28. The number of aromatic nitrogens is 3. The first-order valence-electron chi connectivity index (χ1n) is 6.63. The third-order valence-electron chi connectivity index (χ3n) is 3.20. The van der Waals surface area contributed by atoms with Crippen LogP contribution in [0.2, 0.25) is 0 Å². The van der Waals surface area contributed by atoms with E-state index in [1.165, 1.54) is 0 Å². The first kappa shape index (κ1) is 15.0. The van der Waals surface area contributed by atoms with Gasteiger partial charge in [0.2, 0.25) is 0 Å². The first-order chi connectivity index (χ1) is 9.79. The molecule has 7 nitrogen and oxygen atoms in total. The molecule has 1 unspecified atom stereocenters. The van der Waals surface area contributed by atoms with Gasteiger partial charge in [0, 0.05) is 18.8 Å². The Morgan fingerprint density at radius 1 is 1.43 bits per heavy atom. The van der Waals surface area contributed by atoms with E-state index in [4.69, 9.17) is 5.11 Å². The average Bonchev–Trinajstić information content (AvgIpc) is 2.62. The van der Waals surface area contributed by atoms with Gasteiger partial charge in [-0.3, -0.25) is 14.3 Å². The van der Waals surface area contributed by atoms with Gasteiger partial charge in [-0.25, -0.2) is 4.98 Å². The maximum absolute atomic E-state index is 12.4. The van der Waals surface area contributed by atoms with Gasteiger partial charge in [-0.05, 0) is 26.8 Å². The predicted octanol–water partition coefficient (Wildman–Crippen LogP) is 1.18. The number of carboxylic acids is 1. The second-order valence-corrected chi connectivity index (χ2v) is 5.19. The molecule has 0 aromatic carbocycles. The smallest absolute Gasteiger partial charge is 0.305 e. The Morgan fingerprint density at radius 3 is 2.71 bits per heavy atom. The average molecular weight is 290 g/mol. The van der Waals surface area contributed by atoms with Crippen LogP contribution < -0.4 is 5.32 Å². The number of nitrogens with zero attached hydrogens (tertiary/aromatic N) is 3. The minimum Gasteiger partial charge on any atom is -0.481 e. The minimum absolute atomic E-state index is 0.120. The largest absolute Gasteiger partial charge is 0.481 e. The number of rotatable bonds is 4. The van der Waals surface area contributed by atoms with Crippen LogP contribution in [0.3, 0.4) is 0 Å². The van der Waals surface area contributed by atoms with Crippen molar-refractivity contribution >= 4 is 22.9 Å². The topological polar surface area (TPSA) is 97.1 Å². The van der Waals surface area contributed by atoms with Gasteiger partial charge < -0.3 is 10.4 Å². The van der Waals surface area contributed by atoms with Gasteiger partial charge in [-0.15, -0.1) is 0 Å². The molecule has 0 saturated heterocycles. The molecule has 2 heterocycles. The van der Waals surface area contributed by atoms with E-state index in [1.54, 1.807) is 31.6 Å². The lowest BCUT2D eigenvalue weighted by atomic mass is 10.1. The second kappa shape index (κ2) is 5.51. The number of pyridine rings is 1. The van der Waals surface area contributed by atoms with E-state index >= 15 is 0 Å². The van der Waals surface area contributed by atoms with E-state index < -0.39 is 12.0 Å². The van der Waals surface area contributed by atoms with Gasteiger partial charge in [0.15, 0.2) is 5.65 Å². The number of carboxylic acid groups (broad SMARTS) is 1. The van der Waals surface area contributed by atoms with Crippen LogP contribution in [-0.4, -0.2) is 37.8 Å². The molecular weight excluding hydrogens is 272 g/mol. The molecule has 2 aromatic heterocycles. The van der Waals surface area contributed by atoms with Gasteiger partial charge in [0.1, 0.15) is 0 Å². The van der Waals surface area contributed by atoms with Crippen molar-refractivity contribution in [1.82, 2.24) is 20.1 Å². The van der Waals surface area contributed by atoms with Crippen LogP contribution in [0.5, 0.6) is 0 Å². The highest BCUT2D eigenvalue weighted by molar-refractivity contribution is 6.06. The van der Waals surface area contributed by atoms with E-state index in [-0.39, 0.29) is 12.3 Å². The molecule has 112 valence electrons. The Labute approximate surface area is 122 Å². The fourth-order valence-corrected chi connectivity index (χ4v) is 2.36. The number of amides is 1. The van der Waals surface area contributed by atoms with Gasteiger partial charge in [-0.1, -0.05) is 0 Å². The van der Waals surface area contributed by atoms with Gasteiger partial charge in [0.25, 0.3) is 5.91 Å². The summed E-state index contributed by atoms with van der Waals surface area (Å²) in [4.78, 5) is 27.5. The number of carbonyl (C=O) groups excluding carboxylic acids is 1. The summed E-state index contributed by atoms with van der Waals surface area (Å²) in [6, 6.07) is 1.25. The van der Waals surface area contributed by atoms with Crippen molar-refractivity contribution < 1.29 is 14.7 Å². The molecular formula is C14H18N4O3. The number of aryl methyl sites for hydroxylation is 3. The summed E-state index contributed by atoms with van der Waals surface area (Å²) in [6.07, 6.45) is -0.120. The Hall–Kier alpha value is -2.44. The van der Waals surface area contributed by atoms with Crippen molar-refractivity contribution in [3.8, 4) is 0 Å². The maximum atomic E-state index is 12.4. The number of carbonyl (C=O) groups is 2. The number of hydrogen-bond donors (Lipinski definition) is 2. The molecule has 0 saturated carbocycles. The van der Waals surface area contributed by atoms with Crippen molar-refractivity contribution in [3.63, 3.8) is 0 Å². The SMILES string of the molecule is Cc1cc(C(=O)NC(C)CC(=O)O)c2c(C)nn(C)c2n1. The molecule has 21 heavy (non-hydrogen) atoms. The van der Waals surface area contributed by atoms with Crippen LogP contribution in [0.25, 0.3) is 11.0 Å². The highest BCUT2D eigenvalue weighted by Gasteiger charge is 2.19. The molecule has 1 atom stereocenters. The van der Waals surface area contributed by atoms with Crippen LogP contribution in [0.4, 0.5) is 0 Å². The maximum Gasteiger partial charge on any atom is 0.305 e. The van der Waals surface area contributed by atoms with E-state index in [0.29, 0.717) is 22.3 Å². The zero-order valence-corrected chi connectivity index (χ0v) is 12.5. The zero-order valence-electron chi connectivity index (χ0n) is 12.5.